The van der Waals surface area contributed by atoms with Crippen molar-refractivity contribution in [2.45, 2.75) is 38.5 Å². The van der Waals surface area contributed by atoms with Crippen LogP contribution in [0.25, 0.3) is 55.7 Å². The Balaban J connectivity index is 0.861. The van der Waals surface area contributed by atoms with Crippen molar-refractivity contribution in [3.05, 3.63) is 349 Å². The number of para-hydroxylation sites is 4. The minimum atomic E-state index is 0.229. The average Bonchev–Trinajstić information content (AvgIpc) is 3.87. The molecule has 3 nitrogen and oxygen atoms in total. The predicted molar refractivity (Wildman–Crippen MR) is 357 cm³/mol. The summed E-state index contributed by atoms with van der Waals surface area (Å²) in [4.78, 5) is 7.33. The number of allylic oxidation sites excluding steroid dienone is 17. The summed E-state index contributed by atoms with van der Waals surface area (Å²) in [6, 6.07) is 78.8. The molecule has 9 aromatic carbocycles. The zero-order valence-electron chi connectivity index (χ0n) is 47.6. The molecule has 0 N–H and O–H groups in total. The molecule has 3 atom stereocenters. The van der Waals surface area contributed by atoms with Gasteiger partial charge in [-0.3, -0.25) is 0 Å². The van der Waals surface area contributed by atoms with E-state index in [9.17, 15) is 0 Å². The molecular formula is C81H65N3. The van der Waals surface area contributed by atoms with E-state index in [1.807, 2.05) is 6.08 Å². The number of hydrogen-bond acceptors (Lipinski definition) is 3. The first kappa shape index (κ1) is 51.9. The van der Waals surface area contributed by atoms with E-state index in [-0.39, 0.29) is 11.8 Å². The fraction of sp³-hybridized carbons (Fsp3) is 0.0864. The molecule has 0 amide bonds. The molecule has 0 saturated carbocycles. The van der Waals surface area contributed by atoms with Crippen LogP contribution in [0.1, 0.15) is 59.9 Å². The first-order chi connectivity index (χ1) is 41.5. The topological polar surface area (TPSA) is 9.72 Å². The number of fused-ring (bicyclic) bond motifs is 12. The van der Waals surface area contributed by atoms with E-state index in [1.165, 1.54) is 95.1 Å². The summed E-state index contributed by atoms with van der Waals surface area (Å²) in [5.41, 5.74) is 27.8. The van der Waals surface area contributed by atoms with Gasteiger partial charge in [-0.25, -0.2) is 0 Å². The average molecular weight is 1080 g/mol. The van der Waals surface area contributed by atoms with E-state index in [2.05, 4.69) is 333 Å². The van der Waals surface area contributed by atoms with Crippen LogP contribution >= 0.6 is 0 Å². The van der Waals surface area contributed by atoms with Crippen LogP contribution in [0.15, 0.2) is 322 Å². The molecule has 14 rings (SSSR count). The van der Waals surface area contributed by atoms with Crippen molar-refractivity contribution in [1.29, 1.82) is 0 Å². The molecule has 3 aliphatic heterocycles. The van der Waals surface area contributed by atoms with Crippen LogP contribution in [0, 0.1) is 5.92 Å². The third-order valence-electron chi connectivity index (χ3n) is 17.3. The number of hydrogen-bond donors (Lipinski definition) is 0. The van der Waals surface area contributed by atoms with Gasteiger partial charge in [0.25, 0.3) is 0 Å². The van der Waals surface area contributed by atoms with Gasteiger partial charge in [0.05, 0.1) is 11.4 Å². The van der Waals surface area contributed by atoms with E-state index in [0.717, 1.165) is 40.3 Å². The Morgan fingerprint density at radius 3 is 1.70 bits per heavy atom. The highest BCUT2D eigenvalue weighted by molar-refractivity contribution is 6.00. The summed E-state index contributed by atoms with van der Waals surface area (Å²) in [6.07, 6.45) is 35.0. The Morgan fingerprint density at radius 2 is 1.07 bits per heavy atom. The standard InChI is InChI=1S/C81H65N3/c1-4-6-7-27-60-55-82(77-40-18-14-35-72(77)67-30-9-8-29-66(60)67)63-48-44-58(45-49-63)61-52-57(26-23-28-64(24-5-2)83-78-41-19-15-36-73(78)68-31-10-11-32-69(68)74-37-16-20-42-79(74)83)53-62(54-61)59-46-50-65(51-47-59)84-80-43-21-17-38-75(80)70-33-12-13-34-71(70)76-39-22-25-56(3)81(76)84/h4-24,27-56,68-69H,2,25-26H2,1,3H3/b6-4-,27-7-,28-23-,64-24+/t56-,68?,69?/m0/s1. The maximum absolute atomic E-state index is 4.24. The van der Waals surface area contributed by atoms with Gasteiger partial charge in [-0.2, -0.15) is 0 Å². The highest BCUT2D eigenvalue weighted by atomic mass is 15.2. The van der Waals surface area contributed by atoms with E-state index in [4.69, 9.17) is 0 Å². The summed E-state index contributed by atoms with van der Waals surface area (Å²) >= 11 is 0. The summed E-state index contributed by atoms with van der Waals surface area (Å²) in [5, 5.41) is 0. The van der Waals surface area contributed by atoms with Gasteiger partial charge < -0.3 is 14.7 Å². The second-order valence-corrected chi connectivity index (χ2v) is 22.4. The molecule has 84 heavy (non-hydrogen) atoms. The Bertz CT molecular complexity index is 4260. The lowest BCUT2D eigenvalue weighted by molar-refractivity contribution is 0.675. The maximum atomic E-state index is 4.24. The van der Waals surface area contributed by atoms with Crippen molar-refractivity contribution in [2.24, 2.45) is 5.92 Å². The highest BCUT2D eigenvalue weighted by Crippen LogP contribution is 2.53. The van der Waals surface area contributed by atoms with Gasteiger partial charge in [-0.05, 0) is 153 Å². The SMILES string of the molecule is C=C/C=C(\C=C/Cc1cc(-c2ccc(N3C=C(/C=C\C=C/C)c4ccccc4-c4ccccc43)cc2)cc(-c2ccc(N3C4=C(C=CC[C@@H]4C)c4ccccc4-c4ccccc43)cc2)c1)N1c2ccccc2C2C=CC=CC2c2ccccc21. The second kappa shape index (κ2) is 22.6. The Morgan fingerprint density at radius 1 is 0.536 bits per heavy atom. The fourth-order valence-corrected chi connectivity index (χ4v) is 13.4. The van der Waals surface area contributed by atoms with Crippen LogP contribution in [0.3, 0.4) is 0 Å². The first-order valence-electron chi connectivity index (χ1n) is 29.6. The van der Waals surface area contributed by atoms with Crippen molar-refractivity contribution in [1.82, 2.24) is 0 Å². The van der Waals surface area contributed by atoms with Gasteiger partial charge in [0, 0.05) is 74.8 Å². The lowest BCUT2D eigenvalue weighted by Crippen LogP contribution is -2.23. The molecule has 3 heteroatoms. The van der Waals surface area contributed by atoms with E-state index < -0.39 is 0 Å². The molecule has 0 saturated heterocycles. The van der Waals surface area contributed by atoms with Crippen molar-refractivity contribution in [3.8, 4) is 44.5 Å². The van der Waals surface area contributed by atoms with Gasteiger partial charge in [0.15, 0.2) is 0 Å². The van der Waals surface area contributed by atoms with Crippen molar-refractivity contribution in [2.75, 3.05) is 14.7 Å². The van der Waals surface area contributed by atoms with Gasteiger partial charge in [-0.1, -0.05) is 244 Å². The zero-order chi connectivity index (χ0) is 56.5. The van der Waals surface area contributed by atoms with Crippen LogP contribution in [-0.2, 0) is 6.42 Å². The monoisotopic (exact) mass is 1080 g/mol. The molecule has 0 bridgehead atoms. The molecule has 2 unspecified atom stereocenters. The molecule has 5 aliphatic rings. The smallest absolute Gasteiger partial charge is 0.0537 e. The Kier molecular flexibility index (Phi) is 14.0. The molecule has 404 valence electrons. The number of anilines is 6. The van der Waals surface area contributed by atoms with Crippen LogP contribution in [0.5, 0.6) is 0 Å². The minimum Gasteiger partial charge on any atom is -0.316 e. The lowest BCUT2D eigenvalue weighted by Gasteiger charge is -2.34. The zero-order valence-corrected chi connectivity index (χ0v) is 47.6. The molecule has 2 aliphatic carbocycles. The number of rotatable bonds is 11. The van der Waals surface area contributed by atoms with Gasteiger partial charge in [0.2, 0.25) is 0 Å². The maximum Gasteiger partial charge on any atom is 0.0537 e. The summed E-state index contributed by atoms with van der Waals surface area (Å²) in [6.45, 7) is 8.67. The first-order valence-corrected chi connectivity index (χ1v) is 29.6. The van der Waals surface area contributed by atoms with Crippen molar-refractivity contribution >= 4 is 45.3 Å². The van der Waals surface area contributed by atoms with E-state index >= 15 is 0 Å². The molecule has 0 radical (unpaired) electrons. The Labute approximate surface area is 495 Å². The quantitative estimate of drug-likeness (QED) is 0.120. The van der Waals surface area contributed by atoms with Crippen molar-refractivity contribution < 1.29 is 0 Å². The normalized spacial score (nSPS) is 17.5. The third kappa shape index (κ3) is 9.48. The summed E-state index contributed by atoms with van der Waals surface area (Å²) < 4.78 is 0. The summed E-state index contributed by atoms with van der Waals surface area (Å²) in [7, 11) is 0. The minimum absolute atomic E-state index is 0.229. The molecule has 0 fully saturated rings. The van der Waals surface area contributed by atoms with Crippen LogP contribution < -0.4 is 14.7 Å². The van der Waals surface area contributed by atoms with Crippen LogP contribution in [-0.4, -0.2) is 0 Å². The molecule has 9 aromatic rings. The predicted octanol–water partition coefficient (Wildman–Crippen LogP) is 21.8. The van der Waals surface area contributed by atoms with Crippen LogP contribution in [0.2, 0.25) is 0 Å². The fourth-order valence-electron chi connectivity index (χ4n) is 13.4. The Hall–Kier alpha value is -10.2. The van der Waals surface area contributed by atoms with E-state index in [1.54, 1.807) is 0 Å². The van der Waals surface area contributed by atoms with Gasteiger partial charge >= 0.3 is 0 Å². The van der Waals surface area contributed by atoms with Gasteiger partial charge in [0.1, 0.15) is 0 Å². The highest BCUT2D eigenvalue weighted by Gasteiger charge is 2.34. The molecule has 0 spiro atoms. The lowest BCUT2D eigenvalue weighted by atomic mass is 9.79. The summed E-state index contributed by atoms with van der Waals surface area (Å²) in [5.74, 6) is 0.786. The molecule has 0 aromatic heterocycles. The van der Waals surface area contributed by atoms with E-state index in [0.29, 0.717) is 12.3 Å². The largest absolute Gasteiger partial charge is 0.316 e. The van der Waals surface area contributed by atoms with Crippen molar-refractivity contribution in [3.63, 3.8) is 0 Å². The third-order valence-corrected chi connectivity index (χ3v) is 17.3. The van der Waals surface area contributed by atoms with Crippen LogP contribution in [0.4, 0.5) is 34.1 Å². The number of benzene rings is 9. The second-order valence-electron chi connectivity index (χ2n) is 22.4. The molecule has 3 heterocycles. The van der Waals surface area contributed by atoms with Gasteiger partial charge in [-0.15, -0.1) is 0 Å². The number of nitrogens with zero attached hydrogens (tertiary/aromatic N) is 3. The molecular weight excluding hydrogens is 1010 g/mol.